The van der Waals surface area contributed by atoms with Gasteiger partial charge in [-0.05, 0) is 48.3 Å². The lowest BCUT2D eigenvalue weighted by molar-refractivity contribution is -0.136. The van der Waals surface area contributed by atoms with Gasteiger partial charge in [0.25, 0.3) is 5.91 Å². The van der Waals surface area contributed by atoms with Gasteiger partial charge in [0.2, 0.25) is 5.91 Å². The first-order valence-electron chi connectivity index (χ1n) is 8.46. The van der Waals surface area contributed by atoms with Crippen molar-refractivity contribution in [1.82, 2.24) is 5.32 Å². The molecule has 2 aromatic rings. The maximum absolute atomic E-state index is 12.6. The van der Waals surface area contributed by atoms with Crippen molar-refractivity contribution in [2.45, 2.75) is 18.9 Å². The first-order chi connectivity index (χ1) is 13.0. The Morgan fingerprint density at radius 1 is 1.04 bits per heavy atom. The van der Waals surface area contributed by atoms with Crippen molar-refractivity contribution in [3.05, 3.63) is 65.7 Å². The molecule has 0 fully saturated rings. The molecule has 0 aromatic heterocycles. The van der Waals surface area contributed by atoms with Crippen molar-refractivity contribution in [2.24, 2.45) is 0 Å². The number of carboxylic acid groups (broad SMARTS) is 1. The first-order valence-corrected chi connectivity index (χ1v) is 9.85. The molecule has 0 aliphatic heterocycles. The number of carbonyl (C=O) groups excluding carboxylic acids is 2. The third kappa shape index (κ3) is 6.79. The summed E-state index contributed by atoms with van der Waals surface area (Å²) in [6, 6.07) is 14.7. The number of amides is 2. The summed E-state index contributed by atoms with van der Waals surface area (Å²) in [5.74, 6) is -0.787. The van der Waals surface area contributed by atoms with Crippen LogP contribution in [0.1, 0.15) is 22.3 Å². The Morgan fingerprint density at radius 3 is 2.30 bits per heavy atom. The lowest BCUT2D eigenvalue weighted by Gasteiger charge is -2.18. The molecule has 0 aliphatic rings. The summed E-state index contributed by atoms with van der Waals surface area (Å²) in [4.78, 5) is 35.7. The van der Waals surface area contributed by atoms with Gasteiger partial charge in [-0.25, -0.2) is 0 Å². The number of anilines is 1. The number of nitrogens with one attached hydrogen (secondary N) is 2. The maximum atomic E-state index is 12.6. The molecular weight excluding hydrogens is 364 g/mol. The van der Waals surface area contributed by atoms with Crippen molar-refractivity contribution in [3.63, 3.8) is 0 Å². The molecule has 0 saturated heterocycles. The molecule has 0 aliphatic carbocycles. The number of thioether (sulfide) groups is 1. The standard InChI is InChI=1S/C20H22N2O4S/c1-27-12-11-17(22-19(25)15-5-3-2-4-6-15)20(26)21-16-9-7-14(8-10-16)13-18(23)24/h2-10,17H,11-13H2,1H3,(H,21,26)(H,22,25)(H,23,24). The van der Waals surface area contributed by atoms with Crippen LogP contribution >= 0.6 is 11.8 Å². The highest BCUT2D eigenvalue weighted by molar-refractivity contribution is 7.98. The van der Waals surface area contributed by atoms with E-state index < -0.39 is 12.0 Å². The van der Waals surface area contributed by atoms with E-state index in [-0.39, 0.29) is 18.2 Å². The molecule has 7 heteroatoms. The molecule has 27 heavy (non-hydrogen) atoms. The van der Waals surface area contributed by atoms with E-state index in [9.17, 15) is 14.4 Å². The number of carboxylic acids is 1. The summed E-state index contributed by atoms with van der Waals surface area (Å²) in [6.45, 7) is 0. The largest absolute Gasteiger partial charge is 0.481 e. The van der Waals surface area contributed by atoms with E-state index in [0.29, 0.717) is 23.2 Å². The highest BCUT2D eigenvalue weighted by Gasteiger charge is 2.21. The fourth-order valence-corrected chi connectivity index (χ4v) is 2.92. The van der Waals surface area contributed by atoms with Crippen LogP contribution in [0.3, 0.4) is 0 Å². The summed E-state index contributed by atoms with van der Waals surface area (Å²) in [5, 5.41) is 14.4. The van der Waals surface area contributed by atoms with Crippen LogP contribution in [0.15, 0.2) is 54.6 Å². The quantitative estimate of drug-likeness (QED) is 0.616. The summed E-state index contributed by atoms with van der Waals surface area (Å²) in [7, 11) is 0. The van der Waals surface area contributed by atoms with Gasteiger partial charge >= 0.3 is 5.97 Å². The van der Waals surface area contributed by atoms with Crippen LogP contribution in [-0.2, 0) is 16.0 Å². The highest BCUT2D eigenvalue weighted by Crippen LogP contribution is 2.12. The van der Waals surface area contributed by atoms with Gasteiger partial charge in [0, 0.05) is 11.3 Å². The average Bonchev–Trinajstić information content (AvgIpc) is 2.66. The number of rotatable bonds is 9. The van der Waals surface area contributed by atoms with Gasteiger partial charge in [0.05, 0.1) is 6.42 Å². The number of aliphatic carboxylic acids is 1. The zero-order chi connectivity index (χ0) is 19.6. The Bertz CT molecular complexity index is 778. The van der Waals surface area contributed by atoms with E-state index in [1.54, 1.807) is 60.3 Å². The van der Waals surface area contributed by atoms with Gasteiger partial charge in [-0.2, -0.15) is 11.8 Å². The van der Waals surface area contributed by atoms with E-state index in [0.717, 1.165) is 5.75 Å². The summed E-state index contributed by atoms with van der Waals surface area (Å²) >= 11 is 1.60. The Hall–Kier alpha value is -2.80. The number of benzene rings is 2. The number of carbonyl (C=O) groups is 3. The van der Waals surface area contributed by atoms with Gasteiger partial charge in [0.1, 0.15) is 6.04 Å². The molecule has 0 spiro atoms. The molecule has 2 rings (SSSR count). The van der Waals surface area contributed by atoms with Crippen molar-refractivity contribution in [2.75, 3.05) is 17.3 Å². The van der Waals surface area contributed by atoms with E-state index >= 15 is 0 Å². The van der Waals surface area contributed by atoms with E-state index in [4.69, 9.17) is 5.11 Å². The third-order valence-electron chi connectivity index (χ3n) is 3.85. The molecule has 1 unspecified atom stereocenters. The predicted octanol–water partition coefficient (Wildman–Crippen LogP) is 2.80. The lowest BCUT2D eigenvalue weighted by atomic mass is 10.1. The van der Waals surface area contributed by atoms with Gasteiger partial charge in [-0.3, -0.25) is 14.4 Å². The number of hydrogen-bond donors (Lipinski definition) is 3. The van der Waals surface area contributed by atoms with Crippen LogP contribution in [0.25, 0.3) is 0 Å². The maximum Gasteiger partial charge on any atom is 0.307 e. The van der Waals surface area contributed by atoms with Gasteiger partial charge < -0.3 is 15.7 Å². The molecule has 142 valence electrons. The Labute approximate surface area is 162 Å². The zero-order valence-electron chi connectivity index (χ0n) is 15.0. The molecule has 0 heterocycles. The minimum atomic E-state index is -0.910. The second-order valence-electron chi connectivity index (χ2n) is 5.93. The second-order valence-corrected chi connectivity index (χ2v) is 6.92. The molecule has 2 aromatic carbocycles. The minimum absolute atomic E-state index is 0.0717. The van der Waals surface area contributed by atoms with Gasteiger partial charge in [0.15, 0.2) is 0 Å². The van der Waals surface area contributed by atoms with Crippen LogP contribution in [0.2, 0.25) is 0 Å². The van der Waals surface area contributed by atoms with Crippen LogP contribution < -0.4 is 10.6 Å². The molecule has 0 bridgehead atoms. The topological polar surface area (TPSA) is 95.5 Å². The molecular formula is C20H22N2O4S. The van der Waals surface area contributed by atoms with E-state index in [2.05, 4.69) is 10.6 Å². The summed E-state index contributed by atoms with van der Waals surface area (Å²) in [6.07, 6.45) is 2.37. The van der Waals surface area contributed by atoms with Crippen LogP contribution in [0.4, 0.5) is 5.69 Å². The lowest BCUT2D eigenvalue weighted by Crippen LogP contribution is -2.44. The van der Waals surface area contributed by atoms with Crippen molar-refractivity contribution >= 4 is 35.2 Å². The Balaban J connectivity index is 2.03. The summed E-state index contributed by atoms with van der Waals surface area (Å²) in [5.41, 5.74) is 1.70. The van der Waals surface area contributed by atoms with Crippen molar-refractivity contribution < 1.29 is 19.5 Å². The monoisotopic (exact) mass is 386 g/mol. The third-order valence-corrected chi connectivity index (χ3v) is 4.49. The average molecular weight is 386 g/mol. The van der Waals surface area contributed by atoms with Crippen molar-refractivity contribution in [1.29, 1.82) is 0 Å². The minimum Gasteiger partial charge on any atom is -0.481 e. The van der Waals surface area contributed by atoms with Crippen LogP contribution in [0.5, 0.6) is 0 Å². The fraction of sp³-hybridized carbons (Fsp3) is 0.250. The van der Waals surface area contributed by atoms with E-state index in [1.165, 1.54) is 0 Å². The molecule has 3 N–H and O–H groups in total. The van der Waals surface area contributed by atoms with E-state index in [1.807, 2.05) is 12.3 Å². The Kier molecular flexibility index (Phi) is 7.88. The van der Waals surface area contributed by atoms with Crippen LogP contribution in [0, 0.1) is 0 Å². The highest BCUT2D eigenvalue weighted by atomic mass is 32.2. The summed E-state index contributed by atoms with van der Waals surface area (Å²) < 4.78 is 0. The smallest absolute Gasteiger partial charge is 0.307 e. The first kappa shape index (κ1) is 20.5. The predicted molar refractivity (Wildman–Crippen MR) is 107 cm³/mol. The molecule has 2 amide bonds. The normalized spacial score (nSPS) is 11.4. The molecule has 0 saturated carbocycles. The fourth-order valence-electron chi connectivity index (χ4n) is 2.45. The zero-order valence-corrected chi connectivity index (χ0v) is 15.8. The molecule has 1 atom stereocenters. The molecule has 0 radical (unpaired) electrons. The Morgan fingerprint density at radius 2 is 1.70 bits per heavy atom. The van der Waals surface area contributed by atoms with Crippen molar-refractivity contribution in [3.8, 4) is 0 Å². The number of hydrogen-bond acceptors (Lipinski definition) is 4. The van der Waals surface area contributed by atoms with Crippen LogP contribution in [-0.4, -0.2) is 40.9 Å². The molecule has 6 nitrogen and oxygen atoms in total. The van der Waals surface area contributed by atoms with Gasteiger partial charge in [-0.1, -0.05) is 30.3 Å². The second kappa shape index (κ2) is 10.4. The SMILES string of the molecule is CSCCC(NC(=O)c1ccccc1)C(=O)Nc1ccc(CC(=O)O)cc1. The van der Waals surface area contributed by atoms with Gasteiger partial charge in [-0.15, -0.1) is 0 Å².